The van der Waals surface area contributed by atoms with Crippen LogP contribution in [0.3, 0.4) is 0 Å². The van der Waals surface area contributed by atoms with Gasteiger partial charge in [-0.2, -0.15) is 0 Å². The van der Waals surface area contributed by atoms with E-state index in [2.05, 4.69) is 10.8 Å². The first-order valence-electron chi connectivity index (χ1n) is 3.97. The average molecular weight is 150 g/mol. The fourth-order valence-electron chi connectivity index (χ4n) is 1.44. The second kappa shape index (κ2) is 4.15. The minimum atomic E-state index is -0.0880. The number of nitrogens with zero attached hydrogens (tertiary/aromatic N) is 1. The average Bonchev–Trinajstić information content (AvgIpc) is 2.52. The van der Waals surface area contributed by atoms with Crippen LogP contribution in [0.4, 0.5) is 0 Å². The normalized spacial score (nSPS) is 21.0. The van der Waals surface area contributed by atoms with Crippen molar-refractivity contribution in [2.75, 3.05) is 13.1 Å². The molecule has 0 aromatic rings. The molecule has 0 aliphatic carbocycles. The van der Waals surface area contributed by atoms with E-state index >= 15 is 0 Å². The summed E-state index contributed by atoms with van der Waals surface area (Å²) in [6.07, 6.45) is 10.5. The van der Waals surface area contributed by atoms with E-state index in [0.29, 0.717) is 6.42 Å². The molecule has 11 heavy (non-hydrogen) atoms. The molecule has 0 N–H and O–H groups in total. The molecule has 1 heterocycles. The lowest BCUT2D eigenvalue weighted by molar-refractivity contribution is -0.111. The van der Waals surface area contributed by atoms with E-state index in [-0.39, 0.29) is 6.04 Å². The maximum absolute atomic E-state index is 10.5. The SMILES string of the molecule is [C]#CCC(C=O)N1CCCC1. The number of likely N-dealkylation sites (tertiary alicyclic amines) is 1. The van der Waals surface area contributed by atoms with Crippen LogP contribution in [0.25, 0.3) is 0 Å². The van der Waals surface area contributed by atoms with Gasteiger partial charge in [0.25, 0.3) is 0 Å². The van der Waals surface area contributed by atoms with Crippen molar-refractivity contribution in [2.24, 2.45) is 0 Å². The summed E-state index contributed by atoms with van der Waals surface area (Å²) in [7, 11) is 0. The second-order valence-corrected chi connectivity index (χ2v) is 2.83. The third-order valence-corrected chi connectivity index (χ3v) is 2.08. The van der Waals surface area contributed by atoms with Crippen LogP contribution in [0.2, 0.25) is 0 Å². The lowest BCUT2D eigenvalue weighted by atomic mass is 10.2. The van der Waals surface area contributed by atoms with E-state index in [9.17, 15) is 4.79 Å². The number of hydrogen-bond donors (Lipinski definition) is 0. The van der Waals surface area contributed by atoms with Crippen LogP contribution >= 0.6 is 0 Å². The topological polar surface area (TPSA) is 20.3 Å². The number of carbonyl (C=O) groups excluding carboxylic acids is 1. The van der Waals surface area contributed by atoms with E-state index in [4.69, 9.17) is 6.42 Å². The number of aldehydes is 1. The van der Waals surface area contributed by atoms with Gasteiger partial charge < -0.3 is 4.79 Å². The van der Waals surface area contributed by atoms with Gasteiger partial charge in [0, 0.05) is 6.42 Å². The Balaban J connectivity index is 2.41. The van der Waals surface area contributed by atoms with Crippen LogP contribution in [0, 0.1) is 12.3 Å². The number of hydrogen-bond acceptors (Lipinski definition) is 2. The first kappa shape index (κ1) is 8.29. The van der Waals surface area contributed by atoms with Gasteiger partial charge in [-0.3, -0.25) is 4.90 Å². The molecule has 2 heteroatoms. The molecule has 1 atom stereocenters. The zero-order chi connectivity index (χ0) is 8.10. The zero-order valence-corrected chi connectivity index (χ0v) is 6.55. The lowest BCUT2D eigenvalue weighted by Crippen LogP contribution is -2.33. The predicted octanol–water partition coefficient (Wildman–Crippen LogP) is 0.630. The molecule has 1 unspecified atom stereocenters. The molecule has 2 nitrogen and oxygen atoms in total. The Morgan fingerprint density at radius 1 is 1.55 bits per heavy atom. The summed E-state index contributed by atoms with van der Waals surface area (Å²) in [6, 6.07) is -0.0880. The molecule has 0 aromatic heterocycles. The minimum absolute atomic E-state index is 0.0880. The largest absolute Gasteiger partial charge is 0.302 e. The van der Waals surface area contributed by atoms with Crippen molar-refractivity contribution in [1.29, 1.82) is 0 Å². The van der Waals surface area contributed by atoms with E-state index in [1.165, 1.54) is 12.8 Å². The molecule has 1 rings (SSSR count). The van der Waals surface area contributed by atoms with Gasteiger partial charge in [-0.25, -0.2) is 0 Å². The zero-order valence-electron chi connectivity index (χ0n) is 6.55. The van der Waals surface area contributed by atoms with Gasteiger partial charge >= 0.3 is 0 Å². The van der Waals surface area contributed by atoms with Gasteiger partial charge in [-0.05, 0) is 32.4 Å². The Morgan fingerprint density at radius 2 is 2.18 bits per heavy atom. The van der Waals surface area contributed by atoms with Crippen molar-refractivity contribution in [1.82, 2.24) is 4.90 Å². The maximum Gasteiger partial charge on any atom is 0.138 e. The smallest absolute Gasteiger partial charge is 0.138 e. The molecule has 1 aliphatic heterocycles. The van der Waals surface area contributed by atoms with Gasteiger partial charge in [0.1, 0.15) is 6.29 Å². The highest BCUT2D eigenvalue weighted by molar-refractivity contribution is 5.58. The molecule has 1 aliphatic rings. The van der Waals surface area contributed by atoms with E-state index in [1.54, 1.807) is 0 Å². The van der Waals surface area contributed by atoms with Crippen molar-refractivity contribution in [3.8, 4) is 5.92 Å². The van der Waals surface area contributed by atoms with E-state index in [1.807, 2.05) is 0 Å². The van der Waals surface area contributed by atoms with Crippen molar-refractivity contribution in [2.45, 2.75) is 25.3 Å². The summed E-state index contributed by atoms with van der Waals surface area (Å²) in [6.45, 7) is 2.01. The van der Waals surface area contributed by atoms with Crippen molar-refractivity contribution in [3.05, 3.63) is 6.42 Å². The molecule has 1 saturated heterocycles. The molecular formula is C9H12NO. The van der Waals surface area contributed by atoms with Crippen LogP contribution in [0.15, 0.2) is 0 Å². The van der Waals surface area contributed by atoms with Crippen molar-refractivity contribution < 1.29 is 4.79 Å². The van der Waals surface area contributed by atoms with E-state index in [0.717, 1.165) is 19.4 Å². The molecule has 0 aromatic carbocycles. The van der Waals surface area contributed by atoms with Crippen LogP contribution in [0.5, 0.6) is 0 Å². The van der Waals surface area contributed by atoms with Gasteiger partial charge in [-0.1, -0.05) is 5.92 Å². The Kier molecular flexibility index (Phi) is 3.13. The molecule has 0 spiro atoms. The quantitative estimate of drug-likeness (QED) is 0.434. The summed E-state index contributed by atoms with van der Waals surface area (Å²) >= 11 is 0. The first-order valence-corrected chi connectivity index (χ1v) is 3.97. The highest BCUT2D eigenvalue weighted by atomic mass is 16.1. The number of rotatable bonds is 3. The molecule has 0 bridgehead atoms. The second-order valence-electron chi connectivity index (χ2n) is 2.83. The minimum Gasteiger partial charge on any atom is -0.302 e. The highest BCUT2D eigenvalue weighted by Crippen LogP contribution is 2.11. The van der Waals surface area contributed by atoms with Crippen LogP contribution in [-0.2, 0) is 4.79 Å². The molecule has 0 saturated carbocycles. The third kappa shape index (κ3) is 2.06. The van der Waals surface area contributed by atoms with Gasteiger partial charge in [-0.15, -0.1) is 0 Å². The Hall–Kier alpha value is -0.810. The van der Waals surface area contributed by atoms with E-state index < -0.39 is 0 Å². The lowest BCUT2D eigenvalue weighted by Gasteiger charge is -2.19. The summed E-state index contributed by atoms with van der Waals surface area (Å²) in [5.41, 5.74) is 0. The van der Waals surface area contributed by atoms with Gasteiger partial charge in [0.15, 0.2) is 0 Å². The summed E-state index contributed by atoms with van der Waals surface area (Å²) < 4.78 is 0. The summed E-state index contributed by atoms with van der Waals surface area (Å²) in [5.74, 6) is 2.27. The van der Waals surface area contributed by atoms with Crippen molar-refractivity contribution in [3.63, 3.8) is 0 Å². The monoisotopic (exact) mass is 150 g/mol. The summed E-state index contributed by atoms with van der Waals surface area (Å²) in [4.78, 5) is 12.6. The Bertz CT molecular complexity index is 165. The highest BCUT2D eigenvalue weighted by Gasteiger charge is 2.19. The molecule has 0 amide bonds. The van der Waals surface area contributed by atoms with Crippen LogP contribution < -0.4 is 0 Å². The number of carbonyl (C=O) groups is 1. The Labute approximate surface area is 67.6 Å². The fourth-order valence-corrected chi connectivity index (χ4v) is 1.44. The molecule has 59 valence electrons. The standard InChI is InChI=1S/C9H12NO/c1-2-5-9(8-11)10-6-3-4-7-10/h8-9H,3-7H2. The van der Waals surface area contributed by atoms with Crippen molar-refractivity contribution >= 4 is 6.29 Å². The first-order chi connectivity index (χ1) is 5.38. The predicted molar refractivity (Wildman–Crippen MR) is 42.4 cm³/mol. The third-order valence-electron chi connectivity index (χ3n) is 2.08. The van der Waals surface area contributed by atoms with Crippen LogP contribution in [0.1, 0.15) is 19.3 Å². The fraction of sp³-hybridized carbons (Fsp3) is 0.667. The maximum atomic E-state index is 10.5. The summed E-state index contributed by atoms with van der Waals surface area (Å²) in [5, 5.41) is 0. The van der Waals surface area contributed by atoms with Gasteiger partial charge in [0.05, 0.1) is 6.04 Å². The van der Waals surface area contributed by atoms with Crippen LogP contribution in [-0.4, -0.2) is 30.3 Å². The Morgan fingerprint density at radius 3 is 2.64 bits per heavy atom. The molecule has 1 fully saturated rings. The molecular weight excluding hydrogens is 138 g/mol. The molecule has 1 radical (unpaired) electrons. The van der Waals surface area contributed by atoms with Gasteiger partial charge in [0.2, 0.25) is 0 Å².